The lowest BCUT2D eigenvalue weighted by atomic mass is 9.91. The minimum absolute atomic E-state index is 0.168. The van der Waals surface area contributed by atoms with Gasteiger partial charge in [-0.15, -0.1) is 0 Å². The topological polar surface area (TPSA) is 69.4 Å². The predicted octanol–water partition coefficient (Wildman–Crippen LogP) is 12.1. The fourth-order valence-electron chi connectivity index (χ4n) is 9.12. The molecule has 3 aromatic heterocycles. The zero-order valence-electron chi connectivity index (χ0n) is 36.2. The molecule has 0 fully saturated rings. The quantitative estimate of drug-likeness (QED) is 0.142. The highest BCUT2D eigenvalue weighted by Crippen LogP contribution is 2.36. The Morgan fingerprint density at radius 2 is 0.815 bits per heavy atom. The summed E-state index contributed by atoms with van der Waals surface area (Å²) < 4.78 is 7.02. The molecule has 0 spiro atoms. The molecule has 0 saturated carbocycles. The average Bonchev–Trinajstić information content (AvgIpc) is 4.19. The molecule has 0 radical (unpaired) electrons. The lowest BCUT2D eigenvalue weighted by Crippen LogP contribution is -2.11. The van der Waals surface area contributed by atoms with Crippen LogP contribution in [-0.4, -0.2) is 21.4 Å². The number of H-pyrrole nitrogens is 2. The molecule has 0 saturated heterocycles. The minimum Gasteiger partial charge on any atom is -0.456 e. The van der Waals surface area contributed by atoms with Gasteiger partial charge in [0.15, 0.2) is 0 Å². The zero-order chi connectivity index (χ0) is 43.7. The highest BCUT2D eigenvalue weighted by molar-refractivity contribution is 6.12. The summed E-state index contributed by atoms with van der Waals surface area (Å²) in [6.45, 7) is 4.23. The number of aryl methyl sites for hydroxylation is 2. The summed E-state index contributed by atoms with van der Waals surface area (Å²) in [4.78, 5) is 17.9. The molecular weight excluding hydrogens is 793 g/mol. The first-order chi connectivity index (χ1) is 32.0. The number of rotatable bonds is 10. The van der Waals surface area contributed by atoms with E-state index in [-0.39, 0.29) is 11.8 Å². The van der Waals surface area contributed by atoms with E-state index >= 15 is 0 Å². The van der Waals surface area contributed by atoms with Crippen LogP contribution >= 0.6 is 0 Å². The lowest BCUT2D eigenvalue weighted by molar-refractivity contribution is 0.498. The van der Waals surface area contributed by atoms with Crippen LogP contribution in [0.15, 0.2) is 244 Å². The molecule has 4 aromatic carbocycles. The number of allylic oxidation sites excluding steroid dienone is 14. The predicted molar refractivity (Wildman–Crippen MR) is 267 cm³/mol. The Balaban J connectivity index is 1.01. The van der Waals surface area contributed by atoms with Gasteiger partial charge in [0, 0.05) is 23.0 Å². The number of hydrogen-bond acceptors (Lipinski definition) is 3. The van der Waals surface area contributed by atoms with E-state index in [1.165, 1.54) is 33.4 Å². The number of aromatic amines is 2. The van der Waals surface area contributed by atoms with Crippen LogP contribution in [0.2, 0.25) is 0 Å². The van der Waals surface area contributed by atoms with Crippen molar-refractivity contribution in [1.29, 1.82) is 0 Å². The molecule has 312 valence electrons. The van der Waals surface area contributed by atoms with E-state index in [4.69, 9.17) is 14.4 Å². The number of nitrogens with zero attached hydrogens (tertiary/aromatic N) is 2. The maximum absolute atomic E-state index is 7.02. The molecule has 4 aliphatic rings. The average molecular weight is 839 g/mol. The van der Waals surface area contributed by atoms with E-state index in [2.05, 4.69) is 242 Å². The third-order valence-electron chi connectivity index (χ3n) is 12.4. The highest BCUT2D eigenvalue weighted by Gasteiger charge is 2.23. The minimum atomic E-state index is 0.168. The first-order valence-electron chi connectivity index (χ1n) is 22.2. The maximum atomic E-state index is 7.02. The van der Waals surface area contributed by atoms with Gasteiger partial charge in [-0.3, -0.25) is 0 Å². The molecule has 11 rings (SSSR count). The largest absolute Gasteiger partial charge is 0.456 e. The van der Waals surface area contributed by atoms with Crippen LogP contribution in [0.4, 0.5) is 0 Å². The Hall–Kier alpha value is -8.28. The second-order valence-electron chi connectivity index (χ2n) is 16.8. The summed E-state index contributed by atoms with van der Waals surface area (Å²) in [5.74, 6) is 0.336. The van der Waals surface area contributed by atoms with Crippen molar-refractivity contribution in [2.75, 3.05) is 0 Å². The summed E-state index contributed by atoms with van der Waals surface area (Å²) in [6.07, 6.45) is 25.8. The smallest absolute Gasteiger partial charge is 0.137 e. The summed E-state index contributed by atoms with van der Waals surface area (Å²) in [7, 11) is 0. The van der Waals surface area contributed by atoms with Gasteiger partial charge in [-0.05, 0) is 108 Å². The van der Waals surface area contributed by atoms with E-state index in [1.54, 1.807) is 0 Å². The number of aliphatic imine (C=N–C) groups is 2. The zero-order valence-corrected chi connectivity index (χ0v) is 36.2. The van der Waals surface area contributed by atoms with Gasteiger partial charge < -0.3 is 14.4 Å². The van der Waals surface area contributed by atoms with Crippen molar-refractivity contribution >= 4 is 33.7 Å². The third-order valence-corrected chi connectivity index (χ3v) is 12.4. The lowest BCUT2D eigenvalue weighted by Gasteiger charge is -2.14. The first-order valence-corrected chi connectivity index (χ1v) is 22.2. The van der Waals surface area contributed by atoms with Crippen LogP contribution in [0.5, 0.6) is 0 Å². The van der Waals surface area contributed by atoms with Crippen molar-refractivity contribution in [1.82, 2.24) is 9.97 Å². The molecule has 2 aliphatic heterocycles. The Labute approximate surface area is 379 Å². The molecule has 5 heteroatoms. The molecule has 2 aliphatic carbocycles. The van der Waals surface area contributed by atoms with Gasteiger partial charge in [-0.25, -0.2) is 9.98 Å². The summed E-state index contributed by atoms with van der Waals surface area (Å²) in [5.41, 5.74) is 20.1. The van der Waals surface area contributed by atoms with Crippen molar-refractivity contribution in [3.05, 3.63) is 297 Å². The molecule has 2 N–H and O–H groups in total. The molecule has 0 amide bonds. The van der Waals surface area contributed by atoms with Crippen LogP contribution in [0.3, 0.4) is 0 Å². The Kier molecular flexibility index (Phi) is 10.4. The molecule has 0 unspecified atom stereocenters. The molecule has 0 atom stereocenters. The number of nitrogens with one attached hydrogen (secondary N) is 2. The second-order valence-corrected chi connectivity index (χ2v) is 16.8. The molecule has 5 heterocycles. The molecular formula is C60H46N4O. The molecule has 65 heavy (non-hydrogen) atoms. The van der Waals surface area contributed by atoms with Crippen LogP contribution in [0.25, 0.3) is 22.3 Å². The number of benzene rings is 4. The van der Waals surface area contributed by atoms with Gasteiger partial charge in [-0.1, -0.05) is 169 Å². The maximum Gasteiger partial charge on any atom is 0.137 e. The fraction of sp³-hybridized carbons (Fsp3) is 0.0667. The normalized spacial score (nSPS) is 17.9. The monoisotopic (exact) mass is 838 g/mol. The molecule has 0 bridgehead atoms. The van der Waals surface area contributed by atoms with Gasteiger partial charge in [0.05, 0.1) is 45.6 Å². The number of aromatic nitrogens is 2. The van der Waals surface area contributed by atoms with Gasteiger partial charge in [0.1, 0.15) is 10.8 Å². The standard InChI is InChI=1S/C60H46N4O/c1-39-21-25-45(26-22-39)59(53-35-31-49(63-53)47-29-33-51(61-47)57(43-17-9-10-18-43)41-13-5-3-6-14-41)55-37-38-56(65-55)60(46-27-23-40(2)24-28-46)54-36-32-50(64-54)48-30-34-52(62-48)58(44-19-11-12-20-44)42-15-7-4-8-16-42/h3-38,43-44,63-64H,1-2H3/b57-51+,58-52+,59-55+,60-56+. The Morgan fingerprint density at radius 1 is 0.415 bits per heavy atom. The van der Waals surface area contributed by atoms with Crippen LogP contribution in [0, 0.1) is 25.7 Å². The van der Waals surface area contributed by atoms with E-state index in [1.807, 2.05) is 0 Å². The van der Waals surface area contributed by atoms with Gasteiger partial charge in [0.2, 0.25) is 0 Å². The van der Waals surface area contributed by atoms with Gasteiger partial charge >= 0.3 is 0 Å². The van der Waals surface area contributed by atoms with Crippen LogP contribution in [-0.2, 0) is 0 Å². The van der Waals surface area contributed by atoms with Crippen molar-refractivity contribution in [3.63, 3.8) is 0 Å². The molecule has 5 nitrogen and oxygen atoms in total. The SMILES string of the molecule is Cc1ccc(/C(c2ccc(C3=N/C(=C(\c4ccccc4)C4C=CC=C4)C=C3)[nH]2)=c2/cc/c(=C(/c3ccc(C)cc3)c3ccc(C4=N/C(=C(\c5ccccc5)C5C=CC=C5)C=C4)[nH]3)o2)cc1. The fourth-order valence-corrected chi connectivity index (χ4v) is 9.12. The second kappa shape index (κ2) is 17.1. The Morgan fingerprint density at radius 3 is 1.22 bits per heavy atom. The van der Waals surface area contributed by atoms with E-state index in [9.17, 15) is 0 Å². The van der Waals surface area contributed by atoms with E-state index < -0.39 is 0 Å². The summed E-state index contributed by atoms with van der Waals surface area (Å²) in [6, 6.07) is 51.0. The Bertz CT molecular complexity index is 3150. The van der Waals surface area contributed by atoms with Crippen molar-refractivity contribution in [2.45, 2.75) is 13.8 Å². The van der Waals surface area contributed by atoms with Crippen LogP contribution in [0.1, 0.15) is 56.2 Å². The van der Waals surface area contributed by atoms with Crippen molar-refractivity contribution in [3.8, 4) is 0 Å². The van der Waals surface area contributed by atoms with Crippen molar-refractivity contribution in [2.24, 2.45) is 21.8 Å². The summed E-state index contributed by atoms with van der Waals surface area (Å²) in [5, 5.41) is 0. The number of furan rings is 1. The molecule has 7 aromatic rings. The van der Waals surface area contributed by atoms with Gasteiger partial charge in [-0.2, -0.15) is 0 Å². The van der Waals surface area contributed by atoms with Crippen molar-refractivity contribution < 1.29 is 4.42 Å². The first kappa shape index (κ1) is 39.6. The van der Waals surface area contributed by atoms with Crippen LogP contribution < -0.4 is 10.8 Å². The third kappa shape index (κ3) is 7.89. The number of hydrogen-bond donors (Lipinski definition) is 2. The van der Waals surface area contributed by atoms with E-state index in [0.717, 1.165) is 78.7 Å². The summed E-state index contributed by atoms with van der Waals surface area (Å²) >= 11 is 0. The van der Waals surface area contributed by atoms with E-state index in [0.29, 0.717) is 0 Å². The van der Waals surface area contributed by atoms with Gasteiger partial charge in [0.25, 0.3) is 0 Å². The highest BCUT2D eigenvalue weighted by atomic mass is 16.3.